The number of aryl methyl sites for hydroxylation is 1. The Labute approximate surface area is 147 Å². The molecule has 0 spiro atoms. The average molecular weight is 403 g/mol. The summed E-state index contributed by atoms with van der Waals surface area (Å²) in [6.45, 7) is 4.59. The lowest BCUT2D eigenvalue weighted by Crippen LogP contribution is -2.39. The second kappa shape index (κ2) is 8.09. The fraction of sp³-hybridized carbons (Fsp3) is 0.667. The van der Waals surface area contributed by atoms with E-state index in [0.717, 1.165) is 6.42 Å². The van der Waals surface area contributed by atoms with Gasteiger partial charge in [-0.15, -0.1) is 0 Å². The SMILES string of the molecule is CCOCn1c(Br)nc2c1c(=O)n(CCCCC(C)O)c(=O)n2C. The van der Waals surface area contributed by atoms with Gasteiger partial charge in [0, 0.05) is 20.2 Å². The van der Waals surface area contributed by atoms with Crippen LogP contribution in [0.1, 0.15) is 33.1 Å². The summed E-state index contributed by atoms with van der Waals surface area (Å²) >= 11 is 3.32. The zero-order valence-electron chi connectivity index (χ0n) is 14.2. The van der Waals surface area contributed by atoms with Gasteiger partial charge in [0.05, 0.1) is 6.10 Å². The summed E-state index contributed by atoms with van der Waals surface area (Å²) in [5, 5.41) is 9.30. The number of ether oxygens (including phenoxy) is 1. The van der Waals surface area contributed by atoms with Crippen LogP contribution < -0.4 is 11.2 Å². The Hall–Kier alpha value is -1.45. The molecular weight excluding hydrogens is 380 g/mol. The lowest BCUT2D eigenvalue weighted by atomic mass is 10.2. The molecule has 2 aromatic heterocycles. The van der Waals surface area contributed by atoms with Crippen molar-refractivity contribution in [2.75, 3.05) is 6.61 Å². The van der Waals surface area contributed by atoms with Gasteiger partial charge in [0.1, 0.15) is 6.73 Å². The predicted octanol–water partition coefficient (Wildman–Crippen LogP) is 1.20. The van der Waals surface area contributed by atoms with Crippen LogP contribution in [0.15, 0.2) is 14.3 Å². The molecule has 24 heavy (non-hydrogen) atoms. The minimum atomic E-state index is -0.391. The topological polar surface area (TPSA) is 91.3 Å². The Morgan fingerprint density at radius 1 is 1.29 bits per heavy atom. The van der Waals surface area contributed by atoms with Crippen LogP contribution >= 0.6 is 15.9 Å². The maximum absolute atomic E-state index is 12.8. The molecule has 134 valence electrons. The number of aliphatic hydroxyl groups is 1. The van der Waals surface area contributed by atoms with Gasteiger partial charge in [0.25, 0.3) is 5.56 Å². The van der Waals surface area contributed by atoms with Crippen molar-refractivity contribution in [2.45, 2.75) is 52.5 Å². The van der Waals surface area contributed by atoms with E-state index >= 15 is 0 Å². The molecule has 2 rings (SSSR count). The number of imidazole rings is 1. The Morgan fingerprint density at radius 2 is 2.00 bits per heavy atom. The molecule has 2 aromatic rings. The first kappa shape index (κ1) is 18.9. The van der Waals surface area contributed by atoms with Gasteiger partial charge >= 0.3 is 5.69 Å². The minimum Gasteiger partial charge on any atom is -0.393 e. The molecule has 0 aromatic carbocycles. The van der Waals surface area contributed by atoms with Crippen molar-refractivity contribution in [2.24, 2.45) is 7.05 Å². The summed E-state index contributed by atoms with van der Waals surface area (Å²) < 4.78 is 10.1. The summed E-state index contributed by atoms with van der Waals surface area (Å²) in [7, 11) is 1.60. The lowest BCUT2D eigenvalue weighted by molar-refractivity contribution is 0.0888. The van der Waals surface area contributed by atoms with Crippen molar-refractivity contribution >= 4 is 27.1 Å². The van der Waals surface area contributed by atoms with E-state index in [1.165, 1.54) is 9.13 Å². The summed E-state index contributed by atoms with van der Waals surface area (Å²) in [5.74, 6) is 0. The van der Waals surface area contributed by atoms with Gasteiger partial charge in [0.2, 0.25) is 0 Å². The molecule has 1 unspecified atom stereocenters. The summed E-state index contributed by atoms with van der Waals surface area (Å²) in [5.41, 5.74) is -0.0917. The van der Waals surface area contributed by atoms with E-state index in [0.29, 0.717) is 41.9 Å². The number of hydrogen-bond donors (Lipinski definition) is 1. The summed E-state index contributed by atoms with van der Waals surface area (Å²) in [6.07, 6.45) is 1.65. The molecule has 0 aliphatic heterocycles. The number of aromatic nitrogens is 4. The molecule has 0 radical (unpaired) electrons. The molecule has 2 heterocycles. The Morgan fingerprint density at radius 3 is 2.62 bits per heavy atom. The van der Waals surface area contributed by atoms with Crippen LogP contribution in [0.25, 0.3) is 11.2 Å². The van der Waals surface area contributed by atoms with E-state index in [2.05, 4.69) is 20.9 Å². The second-order valence-electron chi connectivity index (χ2n) is 5.75. The monoisotopic (exact) mass is 402 g/mol. The number of halogens is 1. The molecule has 0 aliphatic carbocycles. The Bertz CT molecular complexity index is 821. The number of rotatable bonds is 8. The first-order chi connectivity index (χ1) is 11.4. The molecule has 0 amide bonds. The van der Waals surface area contributed by atoms with Crippen LogP contribution in [-0.4, -0.2) is 36.5 Å². The molecule has 9 heteroatoms. The van der Waals surface area contributed by atoms with E-state index < -0.39 is 5.69 Å². The number of aliphatic hydroxyl groups excluding tert-OH is 1. The van der Waals surface area contributed by atoms with Crippen LogP contribution in [0.4, 0.5) is 0 Å². The molecular formula is C15H23BrN4O4. The molecule has 0 fully saturated rings. The zero-order valence-corrected chi connectivity index (χ0v) is 15.7. The molecule has 0 saturated carbocycles. The first-order valence-electron chi connectivity index (χ1n) is 7.99. The van der Waals surface area contributed by atoms with Gasteiger partial charge in [-0.25, -0.2) is 9.78 Å². The lowest BCUT2D eigenvalue weighted by Gasteiger charge is -2.10. The molecule has 1 atom stereocenters. The third-order valence-electron chi connectivity index (χ3n) is 3.86. The van der Waals surface area contributed by atoms with Crippen molar-refractivity contribution in [3.63, 3.8) is 0 Å². The molecule has 1 N–H and O–H groups in total. The fourth-order valence-electron chi connectivity index (χ4n) is 2.55. The van der Waals surface area contributed by atoms with E-state index in [1.807, 2.05) is 6.92 Å². The highest BCUT2D eigenvalue weighted by Gasteiger charge is 2.19. The highest BCUT2D eigenvalue weighted by molar-refractivity contribution is 9.10. The van der Waals surface area contributed by atoms with Crippen molar-refractivity contribution in [3.05, 3.63) is 25.6 Å². The first-order valence-corrected chi connectivity index (χ1v) is 8.79. The molecule has 0 aliphatic rings. The quantitative estimate of drug-likeness (QED) is 0.529. The summed E-state index contributed by atoms with van der Waals surface area (Å²) in [6, 6.07) is 0. The normalized spacial score (nSPS) is 12.9. The number of fused-ring (bicyclic) bond motifs is 1. The van der Waals surface area contributed by atoms with Crippen molar-refractivity contribution < 1.29 is 9.84 Å². The van der Waals surface area contributed by atoms with E-state index in [1.54, 1.807) is 18.5 Å². The van der Waals surface area contributed by atoms with Crippen molar-refractivity contribution in [1.29, 1.82) is 0 Å². The molecule has 0 saturated heterocycles. The van der Waals surface area contributed by atoms with Gasteiger partial charge in [0.15, 0.2) is 15.9 Å². The second-order valence-corrected chi connectivity index (χ2v) is 6.46. The smallest absolute Gasteiger partial charge is 0.332 e. The maximum atomic E-state index is 12.8. The van der Waals surface area contributed by atoms with E-state index in [-0.39, 0.29) is 18.4 Å². The molecule has 8 nitrogen and oxygen atoms in total. The van der Waals surface area contributed by atoms with Gasteiger partial charge in [-0.1, -0.05) is 0 Å². The largest absolute Gasteiger partial charge is 0.393 e. The highest BCUT2D eigenvalue weighted by Crippen LogP contribution is 2.16. The number of unbranched alkanes of at least 4 members (excludes halogenated alkanes) is 1. The average Bonchev–Trinajstić information content (AvgIpc) is 2.86. The van der Waals surface area contributed by atoms with E-state index in [9.17, 15) is 14.7 Å². The van der Waals surface area contributed by atoms with Crippen LogP contribution in [-0.2, 0) is 25.1 Å². The van der Waals surface area contributed by atoms with E-state index in [4.69, 9.17) is 4.74 Å². The minimum absolute atomic E-state index is 0.184. The van der Waals surface area contributed by atoms with Gasteiger partial charge in [-0.05, 0) is 49.0 Å². The molecule has 0 bridgehead atoms. The predicted molar refractivity (Wildman–Crippen MR) is 94.1 cm³/mol. The van der Waals surface area contributed by atoms with Gasteiger partial charge in [-0.2, -0.15) is 0 Å². The fourth-order valence-corrected chi connectivity index (χ4v) is 3.00. The zero-order chi connectivity index (χ0) is 17.9. The maximum Gasteiger partial charge on any atom is 0.332 e. The Balaban J connectivity index is 2.45. The van der Waals surface area contributed by atoms with Gasteiger partial charge in [-0.3, -0.25) is 18.5 Å². The third-order valence-corrected chi connectivity index (χ3v) is 4.47. The third kappa shape index (κ3) is 3.79. The summed E-state index contributed by atoms with van der Waals surface area (Å²) in [4.78, 5) is 29.5. The van der Waals surface area contributed by atoms with Gasteiger partial charge < -0.3 is 9.84 Å². The number of hydrogen-bond acceptors (Lipinski definition) is 5. The van der Waals surface area contributed by atoms with Crippen LogP contribution in [0.5, 0.6) is 0 Å². The van der Waals surface area contributed by atoms with Crippen LogP contribution in [0.3, 0.4) is 0 Å². The van der Waals surface area contributed by atoms with Crippen LogP contribution in [0.2, 0.25) is 0 Å². The highest BCUT2D eigenvalue weighted by atomic mass is 79.9. The Kier molecular flexibility index (Phi) is 6.36. The number of nitrogens with zero attached hydrogens (tertiary/aromatic N) is 4. The van der Waals surface area contributed by atoms with Crippen LogP contribution in [0, 0.1) is 0 Å². The van der Waals surface area contributed by atoms with Crippen molar-refractivity contribution in [3.8, 4) is 0 Å². The standard InChI is InChI=1S/C15H23BrN4O4/c1-4-24-9-20-11-12(17-14(20)16)18(3)15(23)19(13(11)22)8-6-5-7-10(2)21/h10,21H,4-9H2,1-3H3. The van der Waals surface area contributed by atoms with Crippen molar-refractivity contribution in [1.82, 2.24) is 18.7 Å².